The normalized spacial score (nSPS) is 10.2. The molecular weight excluding hydrogens is 264 g/mol. The molecule has 20 heavy (non-hydrogen) atoms. The molecule has 0 unspecified atom stereocenters. The molecule has 7 heteroatoms. The van der Waals surface area contributed by atoms with Crippen LogP contribution in [0.4, 0.5) is 4.79 Å². The third-order valence-electron chi connectivity index (χ3n) is 2.32. The third-order valence-corrected chi connectivity index (χ3v) is 2.32. The molecule has 0 aromatic carbocycles. The number of hydrogen-bond donors (Lipinski definition) is 1. The van der Waals surface area contributed by atoms with Crippen LogP contribution in [0.15, 0.2) is 12.2 Å². The molecule has 0 radical (unpaired) electrons. The highest BCUT2D eigenvalue weighted by Gasteiger charge is 2.08. The van der Waals surface area contributed by atoms with Crippen LogP contribution in [0.25, 0.3) is 0 Å². The zero-order chi connectivity index (χ0) is 15.4. The summed E-state index contributed by atoms with van der Waals surface area (Å²) in [6.45, 7) is 7.16. The highest BCUT2D eigenvalue weighted by atomic mass is 16.5. The van der Waals surface area contributed by atoms with Crippen LogP contribution in [0.1, 0.15) is 20.8 Å². The Balaban J connectivity index is 3.82. The molecular formula is C13H22N2O5. The summed E-state index contributed by atoms with van der Waals surface area (Å²) in [5.74, 6) is -1.26. The summed E-state index contributed by atoms with van der Waals surface area (Å²) < 4.78 is 9.41. The lowest BCUT2D eigenvalue weighted by Crippen LogP contribution is -2.41. The van der Waals surface area contributed by atoms with Gasteiger partial charge in [-0.2, -0.15) is 0 Å². The van der Waals surface area contributed by atoms with Gasteiger partial charge >= 0.3 is 18.0 Å². The van der Waals surface area contributed by atoms with Gasteiger partial charge in [0, 0.05) is 25.2 Å². The molecule has 0 fully saturated rings. The highest BCUT2D eigenvalue weighted by molar-refractivity contribution is 5.91. The van der Waals surface area contributed by atoms with Gasteiger partial charge in [-0.1, -0.05) is 0 Å². The Morgan fingerprint density at radius 1 is 1.00 bits per heavy atom. The van der Waals surface area contributed by atoms with E-state index in [1.165, 1.54) is 0 Å². The Kier molecular flexibility index (Phi) is 9.72. The number of urea groups is 1. The summed E-state index contributed by atoms with van der Waals surface area (Å²) in [5.41, 5.74) is 0. The van der Waals surface area contributed by atoms with Gasteiger partial charge in [0.1, 0.15) is 6.61 Å². The number of ether oxygens (including phenoxy) is 2. The van der Waals surface area contributed by atoms with Crippen molar-refractivity contribution in [2.24, 2.45) is 0 Å². The Morgan fingerprint density at radius 3 is 2.05 bits per heavy atom. The molecule has 0 aliphatic rings. The van der Waals surface area contributed by atoms with Crippen molar-refractivity contribution in [3.05, 3.63) is 12.2 Å². The molecule has 0 aliphatic carbocycles. The highest BCUT2D eigenvalue weighted by Crippen LogP contribution is 1.88. The first kappa shape index (κ1) is 17.9. The van der Waals surface area contributed by atoms with E-state index in [2.05, 4.69) is 10.1 Å². The minimum atomic E-state index is -0.657. The first-order chi connectivity index (χ1) is 9.54. The van der Waals surface area contributed by atoms with Crippen LogP contribution in [0.2, 0.25) is 0 Å². The van der Waals surface area contributed by atoms with Crippen LogP contribution in [0.5, 0.6) is 0 Å². The van der Waals surface area contributed by atoms with E-state index in [-0.39, 0.29) is 25.8 Å². The maximum absolute atomic E-state index is 11.5. The molecule has 0 aromatic heterocycles. The average molecular weight is 286 g/mol. The van der Waals surface area contributed by atoms with Gasteiger partial charge in [0.15, 0.2) is 0 Å². The summed E-state index contributed by atoms with van der Waals surface area (Å²) in [6.07, 6.45) is 1.99. The lowest BCUT2D eigenvalue weighted by Gasteiger charge is -2.18. The predicted octanol–water partition coefficient (Wildman–Crippen LogP) is 0.700. The van der Waals surface area contributed by atoms with E-state index in [0.29, 0.717) is 13.1 Å². The van der Waals surface area contributed by atoms with E-state index < -0.39 is 11.9 Å². The summed E-state index contributed by atoms with van der Waals surface area (Å²) in [4.78, 5) is 35.3. The first-order valence-corrected chi connectivity index (χ1v) is 6.59. The molecule has 0 heterocycles. The van der Waals surface area contributed by atoms with Crippen LogP contribution in [-0.4, -0.2) is 55.7 Å². The SMILES string of the molecule is CCOC(=O)/C=C/C(=O)OCCNC(=O)N(CC)CC. The summed E-state index contributed by atoms with van der Waals surface area (Å²) in [6, 6.07) is -0.201. The van der Waals surface area contributed by atoms with E-state index in [0.717, 1.165) is 12.2 Å². The number of esters is 2. The third kappa shape index (κ3) is 8.12. The molecule has 0 spiro atoms. The van der Waals surface area contributed by atoms with Gasteiger partial charge in [-0.25, -0.2) is 14.4 Å². The van der Waals surface area contributed by atoms with Crippen LogP contribution in [0, 0.1) is 0 Å². The molecule has 0 bridgehead atoms. The zero-order valence-corrected chi connectivity index (χ0v) is 12.2. The fourth-order valence-corrected chi connectivity index (χ4v) is 1.31. The lowest BCUT2D eigenvalue weighted by molar-refractivity contribution is -0.140. The first-order valence-electron chi connectivity index (χ1n) is 6.59. The predicted molar refractivity (Wildman–Crippen MR) is 73.1 cm³/mol. The fourth-order valence-electron chi connectivity index (χ4n) is 1.31. The van der Waals surface area contributed by atoms with Crippen molar-refractivity contribution >= 4 is 18.0 Å². The number of carbonyl (C=O) groups is 3. The van der Waals surface area contributed by atoms with Gasteiger partial charge in [-0.15, -0.1) is 0 Å². The second kappa shape index (κ2) is 10.8. The molecule has 7 nitrogen and oxygen atoms in total. The van der Waals surface area contributed by atoms with Gasteiger partial charge in [0.25, 0.3) is 0 Å². The standard InChI is InChI=1S/C13H22N2O5/c1-4-15(5-2)13(18)14-9-10-20-12(17)8-7-11(16)19-6-3/h7-8H,4-6,9-10H2,1-3H3,(H,14,18)/b8-7+. The smallest absolute Gasteiger partial charge is 0.331 e. The molecule has 0 aliphatic heterocycles. The van der Waals surface area contributed by atoms with Crippen LogP contribution < -0.4 is 5.32 Å². The maximum atomic E-state index is 11.5. The monoisotopic (exact) mass is 286 g/mol. The lowest BCUT2D eigenvalue weighted by atomic mass is 10.5. The van der Waals surface area contributed by atoms with Crippen molar-refractivity contribution in [3.8, 4) is 0 Å². The second-order valence-electron chi connectivity index (χ2n) is 3.66. The molecule has 0 atom stereocenters. The van der Waals surface area contributed by atoms with Crippen molar-refractivity contribution < 1.29 is 23.9 Å². The molecule has 2 amide bonds. The van der Waals surface area contributed by atoms with Gasteiger partial charge in [-0.3, -0.25) is 0 Å². The van der Waals surface area contributed by atoms with E-state index in [1.807, 2.05) is 13.8 Å². The van der Waals surface area contributed by atoms with Gasteiger partial charge in [0.05, 0.1) is 13.2 Å². The van der Waals surface area contributed by atoms with Crippen molar-refractivity contribution in [1.29, 1.82) is 0 Å². The number of nitrogens with zero attached hydrogens (tertiary/aromatic N) is 1. The summed E-state index contributed by atoms with van der Waals surface area (Å²) in [7, 11) is 0. The minimum Gasteiger partial charge on any atom is -0.463 e. The van der Waals surface area contributed by atoms with Crippen LogP contribution >= 0.6 is 0 Å². The second-order valence-corrected chi connectivity index (χ2v) is 3.66. The van der Waals surface area contributed by atoms with Crippen molar-refractivity contribution in [3.63, 3.8) is 0 Å². The van der Waals surface area contributed by atoms with Gasteiger partial charge < -0.3 is 19.7 Å². The minimum absolute atomic E-state index is 0.0407. The van der Waals surface area contributed by atoms with Crippen LogP contribution in [0.3, 0.4) is 0 Å². The van der Waals surface area contributed by atoms with E-state index in [9.17, 15) is 14.4 Å². The van der Waals surface area contributed by atoms with Crippen LogP contribution in [-0.2, 0) is 19.1 Å². The molecule has 0 saturated carbocycles. The van der Waals surface area contributed by atoms with E-state index in [1.54, 1.807) is 11.8 Å². The molecule has 0 aromatic rings. The quantitative estimate of drug-likeness (QED) is 0.403. The van der Waals surface area contributed by atoms with Crippen molar-refractivity contribution in [2.75, 3.05) is 32.8 Å². The van der Waals surface area contributed by atoms with Crippen molar-refractivity contribution in [2.45, 2.75) is 20.8 Å². The topological polar surface area (TPSA) is 84.9 Å². The Bertz CT molecular complexity index is 351. The van der Waals surface area contributed by atoms with Crippen molar-refractivity contribution in [1.82, 2.24) is 10.2 Å². The summed E-state index contributed by atoms with van der Waals surface area (Å²) >= 11 is 0. The Morgan fingerprint density at radius 2 is 1.55 bits per heavy atom. The number of carbonyl (C=O) groups excluding carboxylic acids is 3. The fraction of sp³-hybridized carbons (Fsp3) is 0.615. The number of rotatable bonds is 8. The van der Waals surface area contributed by atoms with E-state index >= 15 is 0 Å². The van der Waals surface area contributed by atoms with Gasteiger partial charge in [-0.05, 0) is 20.8 Å². The Hall–Kier alpha value is -2.05. The maximum Gasteiger partial charge on any atom is 0.331 e. The van der Waals surface area contributed by atoms with E-state index in [4.69, 9.17) is 4.74 Å². The van der Waals surface area contributed by atoms with Gasteiger partial charge in [0.2, 0.25) is 0 Å². The Labute approximate surface area is 118 Å². The zero-order valence-electron chi connectivity index (χ0n) is 12.2. The molecule has 0 rings (SSSR count). The number of nitrogens with one attached hydrogen (secondary N) is 1. The number of amides is 2. The largest absolute Gasteiger partial charge is 0.463 e. The average Bonchev–Trinajstić information content (AvgIpc) is 2.43. The molecule has 114 valence electrons. The molecule has 0 saturated heterocycles. The molecule has 1 N–H and O–H groups in total. The number of hydrogen-bond acceptors (Lipinski definition) is 5. The summed E-state index contributed by atoms with van der Waals surface area (Å²) in [5, 5.41) is 2.62.